The number of para-hydroxylation sites is 1. The van der Waals surface area contributed by atoms with Gasteiger partial charge in [-0.25, -0.2) is 0 Å². The fraction of sp³-hybridized carbons (Fsp3) is 0.0769. The quantitative estimate of drug-likeness (QED) is 0.629. The average Bonchev–Trinajstić information content (AvgIpc) is 3.08. The molecule has 1 heteroatoms. The summed E-state index contributed by atoms with van der Waals surface area (Å²) >= 11 is 0. The zero-order valence-corrected chi connectivity index (χ0v) is 15.5. The summed E-state index contributed by atoms with van der Waals surface area (Å²) in [7, 11) is 0. The fourth-order valence-corrected chi connectivity index (χ4v) is 3.45. The topological polar surface area (TPSA) is 12.0 Å². The second-order valence-electron chi connectivity index (χ2n) is 6.85. The molecule has 5 rings (SSSR count). The SMILES string of the molecule is Cc1ccccc1.[CH]1C=CC=C2C[C]3C=C(Nc4ccccc4)C=CC3=C12.[HH]. The summed E-state index contributed by atoms with van der Waals surface area (Å²) in [6.07, 6.45) is 16.4. The number of nitrogens with one attached hydrogen (secondary N) is 1. The van der Waals surface area contributed by atoms with E-state index in [2.05, 4.69) is 79.4 Å². The minimum atomic E-state index is 0. The number of benzene rings is 2. The van der Waals surface area contributed by atoms with Gasteiger partial charge in [-0.1, -0.05) is 78.4 Å². The van der Waals surface area contributed by atoms with Gasteiger partial charge in [0.25, 0.3) is 0 Å². The van der Waals surface area contributed by atoms with Crippen molar-refractivity contribution in [2.45, 2.75) is 13.3 Å². The molecule has 0 bridgehead atoms. The summed E-state index contributed by atoms with van der Waals surface area (Å²) in [6, 6.07) is 20.6. The van der Waals surface area contributed by atoms with Crippen LogP contribution in [0.3, 0.4) is 0 Å². The highest BCUT2D eigenvalue weighted by Crippen LogP contribution is 2.44. The minimum Gasteiger partial charge on any atom is -0.356 e. The summed E-state index contributed by atoms with van der Waals surface area (Å²) < 4.78 is 0. The van der Waals surface area contributed by atoms with Crippen LogP contribution in [0.15, 0.2) is 120 Å². The third-order valence-corrected chi connectivity index (χ3v) is 4.80. The highest BCUT2D eigenvalue weighted by atomic mass is 14.9. The van der Waals surface area contributed by atoms with E-state index in [0.29, 0.717) is 0 Å². The van der Waals surface area contributed by atoms with E-state index in [4.69, 9.17) is 0 Å². The number of anilines is 1. The van der Waals surface area contributed by atoms with E-state index in [9.17, 15) is 0 Å². The summed E-state index contributed by atoms with van der Waals surface area (Å²) in [5.74, 6) is 1.41. The van der Waals surface area contributed by atoms with Crippen LogP contribution in [0.5, 0.6) is 0 Å². The number of allylic oxidation sites excluding steroid dienone is 9. The summed E-state index contributed by atoms with van der Waals surface area (Å²) in [5, 5.41) is 3.46. The van der Waals surface area contributed by atoms with Gasteiger partial charge in [0, 0.05) is 25.1 Å². The fourth-order valence-electron chi connectivity index (χ4n) is 3.45. The smallest absolute Gasteiger partial charge is 0.0384 e. The molecule has 2 aromatic rings. The van der Waals surface area contributed by atoms with Crippen molar-refractivity contribution in [1.29, 1.82) is 0 Å². The Bertz CT molecular complexity index is 946. The van der Waals surface area contributed by atoms with E-state index in [1.165, 1.54) is 28.2 Å². The molecule has 0 amide bonds. The summed E-state index contributed by atoms with van der Waals surface area (Å²) in [4.78, 5) is 0. The molecule has 134 valence electrons. The molecule has 0 heterocycles. The molecule has 0 fully saturated rings. The zero-order chi connectivity index (χ0) is 18.5. The Morgan fingerprint density at radius 3 is 2.26 bits per heavy atom. The van der Waals surface area contributed by atoms with Crippen molar-refractivity contribution in [3.63, 3.8) is 0 Å². The molecule has 3 aliphatic carbocycles. The van der Waals surface area contributed by atoms with Crippen LogP contribution in [-0.4, -0.2) is 0 Å². The molecule has 1 nitrogen and oxygen atoms in total. The van der Waals surface area contributed by atoms with Crippen LogP contribution < -0.4 is 5.32 Å². The van der Waals surface area contributed by atoms with Crippen molar-refractivity contribution in [2.75, 3.05) is 5.32 Å². The molecule has 0 saturated heterocycles. The molecule has 0 unspecified atom stereocenters. The molecule has 0 atom stereocenters. The molecule has 0 aliphatic heterocycles. The monoisotopic (exact) mass is 351 g/mol. The molecule has 0 spiro atoms. The van der Waals surface area contributed by atoms with Gasteiger partial charge in [-0.3, -0.25) is 0 Å². The van der Waals surface area contributed by atoms with Crippen molar-refractivity contribution < 1.29 is 1.43 Å². The van der Waals surface area contributed by atoms with Crippen LogP contribution >= 0.6 is 0 Å². The van der Waals surface area contributed by atoms with Crippen molar-refractivity contribution in [3.05, 3.63) is 137 Å². The van der Waals surface area contributed by atoms with E-state index in [1.807, 2.05) is 36.4 Å². The number of hydrogen-bond acceptors (Lipinski definition) is 1. The molecular weight excluding hydrogens is 326 g/mol. The standard InChI is InChI=1S/C19H15N.C7H8.H2/c1-2-7-16(8-3-1)20-17-10-11-19-15(13-17)12-14-6-4-5-9-18(14)19;1-7-5-3-2-4-6-7;/h1-11,13,20H,12H2;2-6H,1H3;1H. The van der Waals surface area contributed by atoms with Crippen LogP contribution in [0.4, 0.5) is 5.69 Å². The Balaban J connectivity index is 0.000000241. The van der Waals surface area contributed by atoms with Crippen molar-refractivity contribution in [1.82, 2.24) is 0 Å². The third kappa shape index (κ3) is 4.20. The summed E-state index contributed by atoms with van der Waals surface area (Å²) in [5.41, 5.74) is 7.79. The molecule has 0 aromatic heterocycles. The van der Waals surface area contributed by atoms with Gasteiger partial charge in [-0.05, 0) is 54.3 Å². The lowest BCUT2D eigenvalue weighted by Crippen LogP contribution is -2.04. The van der Waals surface area contributed by atoms with Crippen LogP contribution in [0.2, 0.25) is 0 Å². The zero-order valence-electron chi connectivity index (χ0n) is 15.5. The van der Waals surface area contributed by atoms with Gasteiger partial charge in [-0.2, -0.15) is 0 Å². The molecular formula is C26H25N. The van der Waals surface area contributed by atoms with Gasteiger partial charge < -0.3 is 5.32 Å². The highest BCUT2D eigenvalue weighted by Gasteiger charge is 2.29. The van der Waals surface area contributed by atoms with Crippen molar-refractivity contribution in [2.24, 2.45) is 0 Å². The number of rotatable bonds is 2. The van der Waals surface area contributed by atoms with Crippen molar-refractivity contribution in [3.8, 4) is 0 Å². The van der Waals surface area contributed by atoms with Crippen molar-refractivity contribution >= 4 is 5.69 Å². The Kier molecular flexibility index (Phi) is 5.20. The lowest BCUT2D eigenvalue weighted by Gasteiger charge is -2.16. The minimum absolute atomic E-state index is 0. The van der Waals surface area contributed by atoms with Crippen LogP contribution in [0.1, 0.15) is 13.4 Å². The number of aryl methyl sites for hydroxylation is 1. The maximum atomic E-state index is 3.46. The first-order chi connectivity index (χ1) is 13.3. The van der Waals surface area contributed by atoms with Crippen LogP contribution in [0.25, 0.3) is 0 Å². The van der Waals surface area contributed by atoms with Crippen LogP contribution in [0, 0.1) is 19.3 Å². The van der Waals surface area contributed by atoms with E-state index in [1.54, 1.807) is 0 Å². The van der Waals surface area contributed by atoms with Gasteiger partial charge in [-0.15, -0.1) is 0 Å². The van der Waals surface area contributed by atoms with Gasteiger partial charge in [0.15, 0.2) is 0 Å². The lowest BCUT2D eigenvalue weighted by atomic mass is 9.94. The van der Waals surface area contributed by atoms with E-state index < -0.39 is 0 Å². The molecule has 0 saturated carbocycles. The predicted molar refractivity (Wildman–Crippen MR) is 117 cm³/mol. The van der Waals surface area contributed by atoms with E-state index in [-0.39, 0.29) is 1.43 Å². The predicted octanol–water partition coefficient (Wildman–Crippen LogP) is 6.77. The normalized spacial score (nSPS) is 17.4. The second kappa shape index (κ2) is 8.09. The lowest BCUT2D eigenvalue weighted by molar-refractivity contribution is 1.10. The Morgan fingerprint density at radius 2 is 1.56 bits per heavy atom. The number of hydrogen-bond donors (Lipinski definition) is 1. The second-order valence-corrected chi connectivity index (χ2v) is 6.85. The summed E-state index contributed by atoms with van der Waals surface area (Å²) in [6.45, 7) is 2.08. The van der Waals surface area contributed by atoms with Gasteiger partial charge >= 0.3 is 0 Å². The molecule has 1 N–H and O–H groups in total. The Labute approximate surface area is 163 Å². The Hall–Kier alpha value is -3.06. The Morgan fingerprint density at radius 1 is 0.815 bits per heavy atom. The first-order valence-electron chi connectivity index (χ1n) is 9.34. The van der Waals surface area contributed by atoms with Gasteiger partial charge in [0.2, 0.25) is 0 Å². The van der Waals surface area contributed by atoms with Crippen LogP contribution in [-0.2, 0) is 0 Å². The van der Waals surface area contributed by atoms with E-state index in [0.717, 1.165) is 17.8 Å². The van der Waals surface area contributed by atoms with E-state index >= 15 is 0 Å². The van der Waals surface area contributed by atoms with Gasteiger partial charge in [0.1, 0.15) is 0 Å². The number of fused-ring (bicyclic) bond motifs is 2. The maximum Gasteiger partial charge on any atom is 0.0384 e. The molecule has 27 heavy (non-hydrogen) atoms. The first kappa shape index (κ1) is 17.4. The highest BCUT2D eigenvalue weighted by molar-refractivity contribution is 5.69. The average molecular weight is 351 g/mol. The van der Waals surface area contributed by atoms with Gasteiger partial charge in [0.05, 0.1) is 0 Å². The molecule has 2 radical (unpaired) electrons. The maximum absolute atomic E-state index is 3.46. The molecule has 2 aromatic carbocycles. The first-order valence-corrected chi connectivity index (χ1v) is 9.34. The third-order valence-electron chi connectivity index (χ3n) is 4.80. The largest absolute Gasteiger partial charge is 0.356 e. The molecule has 3 aliphatic rings.